The second-order valence-corrected chi connectivity index (χ2v) is 5.72. The molecule has 1 atom stereocenters. The van der Waals surface area contributed by atoms with E-state index in [9.17, 15) is 27.9 Å². The molecule has 5 nitrogen and oxygen atoms in total. The lowest BCUT2D eigenvalue weighted by Crippen LogP contribution is -2.48. The monoisotopic (exact) mass is 331 g/mol. The number of rotatable bonds is 4. The van der Waals surface area contributed by atoms with Crippen LogP contribution in [0.5, 0.6) is 5.75 Å². The van der Waals surface area contributed by atoms with E-state index in [1.54, 1.807) is 0 Å². The number of amides is 1. The molecule has 1 N–H and O–H groups in total. The number of benzene rings is 1. The van der Waals surface area contributed by atoms with Gasteiger partial charge in [0.2, 0.25) is 0 Å². The fraction of sp³-hybridized carbons (Fsp3) is 0.467. The molecule has 1 heterocycles. The molecule has 0 bridgehead atoms. The van der Waals surface area contributed by atoms with E-state index >= 15 is 0 Å². The Balaban J connectivity index is 2.28. The number of carboxylic acid groups (broad SMARTS) is 1. The van der Waals surface area contributed by atoms with Crippen LogP contribution in [0.25, 0.3) is 0 Å². The molecular formula is C15H16F3NO4. The second kappa shape index (κ2) is 6.47. The molecule has 0 aliphatic carbocycles. The SMILES string of the molecule is CC1(C(=O)O)CCCN(C(=O)c2ccc(F)cc2OC(F)F)C1. The molecule has 0 aromatic heterocycles. The van der Waals surface area contributed by atoms with Crippen molar-refractivity contribution < 1.29 is 32.6 Å². The van der Waals surface area contributed by atoms with Gasteiger partial charge >= 0.3 is 12.6 Å². The van der Waals surface area contributed by atoms with Crippen LogP contribution in [-0.4, -0.2) is 41.6 Å². The molecule has 0 radical (unpaired) electrons. The molecule has 126 valence electrons. The van der Waals surface area contributed by atoms with Crippen molar-refractivity contribution in [3.05, 3.63) is 29.6 Å². The standard InChI is InChI=1S/C15H16F3NO4/c1-15(13(21)22)5-2-6-19(8-15)12(20)10-4-3-9(16)7-11(10)23-14(17)18/h3-4,7,14H,2,5-6,8H2,1H3,(H,21,22). The molecule has 1 aromatic rings. The van der Waals surface area contributed by atoms with Gasteiger partial charge in [0.1, 0.15) is 11.6 Å². The van der Waals surface area contributed by atoms with Crippen LogP contribution in [0.15, 0.2) is 18.2 Å². The lowest BCUT2D eigenvalue weighted by atomic mass is 9.82. The number of hydrogen-bond acceptors (Lipinski definition) is 3. The zero-order valence-electron chi connectivity index (χ0n) is 12.4. The summed E-state index contributed by atoms with van der Waals surface area (Å²) in [6.07, 6.45) is 0.886. The van der Waals surface area contributed by atoms with Crippen molar-refractivity contribution in [2.75, 3.05) is 13.1 Å². The smallest absolute Gasteiger partial charge is 0.387 e. The Morgan fingerprint density at radius 1 is 1.39 bits per heavy atom. The van der Waals surface area contributed by atoms with Gasteiger partial charge < -0.3 is 14.7 Å². The molecule has 1 fully saturated rings. The van der Waals surface area contributed by atoms with Gasteiger partial charge in [-0.15, -0.1) is 0 Å². The first-order valence-electron chi connectivity index (χ1n) is 7.00. The maximum absolute atomic E-state index is 13.2. The average molecular weight is 331 g/mol. The van der Waals surface area contributed by atoms with Crippen LogP contribution in [-0.2, 0) is 4.79 Å². The highest BCUT2D eigenvalue weighted by Gasteiger charge is 2.40. The zero-order valence-corrected chi connectivity index (χ0v) is 12.4. The van der Waals surface area contributed by atoms with E-state index in [4.69, 9.17) is 0 Å². The summed E-state index contributed by atoms with van der Waals surface area (Å²) < 4.78 is 42.2. The third-order valence-electron chi connectivity index (χ3n) is 3.89. The van der Waals surface area contributed by atoms with Gasteiger partial charge in [0.15, 0.2) is 0 Å². The fourth-order valence-electron chi connectivity index (χ4n) is 2.62. The second-order valence-electron chi connectivity index (χ2n) is 5.72. The van der Waals surface area contributed by atoms with E-state index in [1.807, 2.05) is 0 Å². The van der Waals surface area contributed by atoms with Gasteiger partial charge in [0, 0.05) is 19.2 Å². The summed E-state index contributed by atoms with van der Waals surface area (Å²) in [5.41, 5.74) is -1.32. The molecule has 1 aromatic carbocycles. The van der Waals surface area contributed by atoms with Crippen LogP contribution in [0, 0.1) is 11.2 Å². The van der Waals surface area contributed by atoms with Crippen molar-refractivity contribution in [1.82, 2.24) is 4.90 Å². The number of nitrogens with zero attached hydrogens (tertiary/aromatic N) is 1. The van der Waals surface area contributed by atoms with Gasteiger partial charge in [-0.2, -0.15) is 8.78 Å². The number of piperidine rings is 1. The molecular weight excluding hydrogens is 315 g/mol. The number of hydrogen-bond donors (Lipinski definition) is 1. The summed E-state index contributed by atoms with van der Waals surface area (Å²) in [5.74, 6) is -3.06. The molecule has 2 rings (SSSR count). The van der Waals surface area contributed by atoms with Crippen molar-refractivity contribution in [1.29, 1.82) is 0 Å². The number of ether oxygens (including phenoxy) is 1. The van der Waals surface area contributed by atoms with Gasteiger partial charge in [-0.3, -0.25) is 9.59 Å². The summed E-state index contributed by atoms with van der Waals surface area (Å²) in [6, 6.07) is 2.73. The van der Waals surface area contributed by atoms with Crippen molar-refractivity contribution in [3.8, 4) is 5.75 Å². The largest absolute Gasteiger partial charge is 0.481 e. The maximum atomic E-state index is 13.2. The van der Waals surface area contributed by atoms with Crippen molar-refractivity contribution >= 4 is 11.9 Å². The zero-order chi connectivity index (χ0) is 17.2. The number of halogens is 3. The molecule has 1 unspecified atom stereocenters. The van der Waals surface area contributed by atoms with Crippen LogP contribution in [0.1, 0.15) is 30.1 Å². The Hall–Kier alpha value is -2.25. The quantitative estimate of drug-likeness (QED) is 0.921. The van der Waals surface area contributed by atoms with Crippen LogP contribution in [0.2, 0.25) is 0 Å². The number of alkyl halides is 2. The summed E-state index contributed by atoms with van der Waals surface area (Å²) in [7, 11) is 0. The minimum Gasteiger partial charge on any atom is -0.481 e. The summed E-state index contributed by atoms with van der Waals surface area (Å²) in [5, 5.41) is 9.27. The fourth-order valence-corrected chi connectivity index (χ4v) is 2.62. The van der Waals surface area contributed by atoms with Crippen LogP contribution in [0.4, 0.5) is 13.2 Å². The normalized spacial score (nSPS) is 21.3. The molecule has 1 saturated heterocycles. The topological polar surface area (TPSA) is 66.8 Å². The third kappa shape index (κ3) is 3.75. The Bertz CT molecular complexity index is 623. The Labute approximate surface area is 130 Å². The summed E-state index contributed by atoms with van der Waals surface area (Å²) in [6.45, 7) is -1.43. The minimum absolute atomic E-state index is 0.0489. The molecule has 8 heteroatoms. The van der Waals surface area contributed by atoms with Crippen molar-refractivity contribution in [2.45, 2.75) is 26.4 Å². The van der Waals surface area contributed by atoms with Gasteiger partial charge in [0.05, 0.1) is 11.0 Å². The number of carboxylic acids is 1. The Kier molecular flexibility index (Phi) is 4.82. The number of likely N-dealkylation sites (tertiary alicyclic amines) is 1. The van der Waals surface area contributed by atoms with E-state index in [0.29, 0.717) is 25.5 Å². The summed E-state index contributed by atoms with van der Waals surface area (Å²) in [4.78, 5) is 25.1. The molecule has 0 saturated carbocycles. The highest BCUT2D eigenvalue weighted by atomic mass is 19.3. The molecule has 23 heavy (non-hydrogen) atoms. The van der Waals surface area contributed by atoms with Gasteiger partial charge in [0.25, 0.3) is 5.91 Å². The minimum atomic E-state index is -3.20. The highest BCUT2D eigenvalue weighted by Crippen LogP contribution is 2.32. The summed E-state index contributed by atoms with van der Waals surface area (Å²) >= 11 is 0. The number of aliphatic carboxylic acids is 1. The van der Waals surface area contributed by atoms with E-state index in [1.165, 1.54) is 11.8 Å². The van der Waals surface area contributed by atoms with E-state index in [-0.39, 0.29) is 12.1 Å². The number of carbonyl (C=O) groups is 2. The van der Waals surface area contributed by atoms with Gasteiger partial charge in [-0.25, -0.2) is 4.39 Å². The third-order valence-corrected chi connectivity index (χ3v) is 3.89. The van der Waals surface area contributed by atoms with Gasteiger partial charge in [-0.05, 0) is 31.9 Å². The van der Waals surface area contributed by atoms with E-state index in [2.05, 4.69) is 4.74 Å². The maximum Gasteiger partial charge on any atom is 0.387 e. The van der Waals surface area contributed by atoms with E-state index < -0.39 is 35.5 Å². The Morgan fingerprint density at radius 3 is 2.70 bits per heavy atom. The lowest BCUT2D eigenvalue weighted by molar-refractivity contribution is -0.150. The van der Waals surface area contributed by atoms with Gasteiger partial charge in [-0.1, -0.05) is 0 Å². The van der Waals surface area contributed by atoms with Crippen LogP contribution < -0.4 is 4.74 Å². The molecule has 0 spiro atoms. The van der Waals surface area contributed by atoms with Crippen molar-refractivity contribution in [2.24, 2.45) is 5.41 Å². The van der Waals surface area contributed by atoms with Crippen LogP contribution >= 0.6 is 0 Å². The lowest BCUT2D eigenvalue weighted by Gasteiger charge is -2.37. The molecule has 1 aliphatic rings. The van der Waals surface area contributed by atoms with E-state index in [0.717, 1.165) is 12.1 Å². The molecule has 1 aliphatic heterocycles. The molecule has 1 amide bonds. The predicted molar refractivity (Wildman–Crippen MR) is 73.9 cm³/mol. The first-order chi connectivity index (χ1) is 10.7. The predicted octanol–water partition coefficient (Wildman–Crippen LogP) is 2.75. The Morgan fingerprint density at radius 2 is 2.09 bits per heavy atom. The highest BCUT2D eigenvalue weighted by molar-refractivity contribution is 5.97. The number of carbonyl (C=O) groups excluding carboxylic acids is 1. The first kappa shape index (κ1) is 17.1. The van der Waals surface area contributed by atoms with Crippen molar-refractivity contribution in [3.63, 3.8) is 0 Å². The van der Waals surface area contributed by atoms with Crippen LogP contribution in [0.3, 0.4) is 0 Å². The average Bonchev–Trinajstić information content (AvgIpc) is 2.46. The first-order valence-corrected chi connectivity index (χ1v) is 7.00.